The number of nitrogens with zero attached hydrogens (tertiary/aromatic N) is 3. The average molecular weight is 1330 g/mol. The van der Waals surface area contributed by atoms with Crippen LogP contribution >= 0.6 is 0 Å². The number of rotatable bonds is 25. The molecule has 7 rings (SSSR count). The van der Waals surface area contributed by atoms with Gasteiger partial charge < -0.3 is 96.7 Å². The molecule has 29 heteroatoms. The van der Waals surface area contributed by atoms with Gasteiger partial charge in [0.25, 0.3) is 0 Å². The minimum Gasteiger partial charge on any atom is -0.370 e. The lowest BCUT2D eigenvalue weighted by Crippen LogP contribution is -2.62. The summed E-state index contributed by atoms with van der Waals surface area (Å²) in [7, 11) is 0. The molecule has 10 amide bonds. The Morgan fingerprint density at radius 1 is 0.438 bits per heavy atom. The lowest BCUT2D eigenvalue weighted by Gasteiger charge is -2.34. The summed E-state index contributed by atoms with van der Waals surface area (Å²) in [5, 5.41) is 24.6. The van der Waals surface area contributed by atoms with E-state index in [1.807, 2.05) is 48.5 Å². The minimum absolute atomic E-state index is 0.0340. The number of amides is 10. The van der Waals surface area contributed by atoms with Crippen LogP contribution in [0, 0.1) is 5.92 Å². The summed E-state index contributed by atoms with van der Waals surface area (Å²) in [5.41, 5.74) is 37.9. The first-order valence-electron chi connectivity index (χ1n) is 34.3. The van der Waals surface area contributed by atoms with E-state index in [1.165, 1.54) is 9.80 Å². The van der Waals surface area contributed by atoms with E-state index >= 15 is 19.2 Å². The lowest BCUT2D eigenvalue weighted by molar-refractivity contribution is -0.148. The third kappa shape index (κ3) is 20.9. The predicted molar refractivity (Wildman–Crippen MR) is 365 cm³/mol. The highest BCUT2D eigenvalue weighted by Gasteiger charge is 2.45. The van der Waals surface area contributed by atoms with Gasteiger partial charge in [-0.1, -0.05) is 50.2 Å². The van der Waals surface area contributed by atoms with Crippen LogP contribution in [0.2, 0.25) is 0 Å². The zero-order valence-corrected chi connectivity index (χ0v) is 55.6. The number of hydrogen-bond donors (Lipinski definition) is 16. The second-order valence-corrected chi connectivity index (χ2v) is 25.8. The maximum absolute atomic E-state index is 15.5. The quantitative estimate of drug-likeness (QED) is 0.0227. The number of para-hydroxylation sites is 2. The molecule has 526 valence electrons. The van der Waals surface area contributed by atoms with Crippen LogP contribution in [0.5, 0.6) is 0 Å². The van der Waals surface area contributed by atoms with Gasteiger partial charge in [-0.3, -0.25) is 52.9 Å². The Kier molecular flexibility index (Phi) is 29.3. The fourth-order valence-corrected chi connectivity index (χ4v) is 12.9. The van der Waals surface area contributed by atoms with Crippen LogP contribution in [0.3, 0.4) is 0 Å². The normalized spacial score (nSPS) is 24.3. The Labute approximate surface area is 560 Å². The van der Waals surface area contributed by atoms with Crippen molar-refractivity contribution in [3.8, 4) is 0 Å². The molecule has 5 heterocycles. The van der Waals surface area contributed by atoms with E-state index < -0.39 is 125 Å². The molecule has 0 radical (unpaired) electrons. The number of aromatic amines is 2. The molecule has 29 nitrogen and oxygen atoms in total. The second-order valence-electron chi connectivity index (χ2n) is 25.8. The van der Waals surface area contributed by atoms with Gasteiger partial charge in [0.15, 0.2) is 5.96 Å². The van der Waals surface area contributed by atoms with Crippen molar-refractivity contribution in [1.29, 1.82) is 0 Å². The van der Waals surface area contributed by atoms with Crippen molar-refractivity contribution in [2.24, 2.45) is 45.3 Å². The average Bonchev–Trinajstić information content (AvgIpc) is 1.64. The Morgan fingerprint density at radius 2 is 0.802 bits per heavy atom. The van der Waals surface area contributed by atoms with E-state index in [0.29, 0.717) is 75.3 Å². The maximum atomic E-state index is 15.5. The van der Waals surface area contributed by atoms with Gasteiger partial charge in [-0.25, -0.2) is 0 Å². The third-order valence-corrected chi connectivity index (χ3v) is 18.2. The third-order valence-electron chi connectivity index (χ3n) is 18.2. The molecule has 0 bridgehead atoms. The highest BCUT2D eigenvalue weighted by Crippen LogP contribution is 2.28. The predicted octanol–water partition coefficient (Wildman–Crippen LogP) is -0.466. The lowest BCUT2D eigenvalue weighted by atomic mass is 9.99. The summed E-state index contributed by atoms with van der Waals surface area (Å²) in [4.78, 5) is 163. The Morgan fingerprint density at radius 3 is 1.24 bits per heavy atom. The van der Waals surface area contributed by atoms with Gasteiger partial charge in [0.1, 0.15) is 60.4 Å². The fraction of sp³-hybridized carbons (Fsp3) is 0.597. The van der Waals surface area contributed by atoms with Crippen LogP contribution < -0.4 is 76.9 Å². The first kappa shape index (κ1) is 74.7. The molecule has 4 aromatic rings. The molecule has 0 spiro atoms. The van der Waals surface area contributed by atoms with Crippen molar-refractivity contribution < 1.29 is 47.9 Å². The number of carbonyl (C=O) groups excluding carboxylic acids is 10. The molecule has 10 atom stereocenters. The van der Waals surface area contributed by atoms with Gasteiger partial charge in [0.05, 0.1) is 0 Å². The van der Waals surface area contributed by atoms with Crippen molar-refractivity contribution >= 4 is 86.8 Å². The van der Waals surface area contributed by atoms with E-state index in [1.54, 1.807) is 26.2 Å². The molecule has 3 fully saturated rings. The number of aliphatic imine (C=N–C) groups is 1. The topological polar surface area (TPSA) is 473 Å². The van der Waals surface area contributed by atoms with Crippen molar-refractivity contribution in [2.45, 2.75) is 203 Å². The first-order chi connectivity index (χ1) is 46.3. The summed E-state index contributed by atoms with van der Waals surface area (Å²) in [6.45, 7) is 4.81. The van der Waals surface area contributed by atoms with Crippen LogP contribution in [0.25, 0.3) is 21.8 Å². The highest BCUT2D eigenvalue weighted by molar-refractivity contribution is 6.00. The Hall–Kier alpha value is -8.67. The van der Waals surface area contributed by atoms with Gasteiger partial charge in [-0.05, 0) is 171 Å². The second kappa shape index (κ2) is 37.6. The molecular weight excluding hydrogens is 1230 g/mol. The summed E-state index contributed by atoms with van der Waals surface area (Å²) in [6, 6.07) is 2.36. The molecule has 0 saturated carbocycles. The van der Waals surface area contributed by atoms with E-state index in [-0.39, 0.29) is 116 Å². The molecule has 3 aliphatic heterocycles. The fourth-order valence-electron chi connectivity index (χ4n) is 12.9. The van der Waals surface area contributed by atoms with Gasteiger partial charge in [-0.15, -0.1) is 0 Å². The number of H-pyrrole nitrogens is 2. The van der Waals surface area contributed by atoms with E-state index in [0.717, 1.165) is 21.8 Å². The molecule has 22 N–H and O–H groups in total. The van der Waals surface area contributed by atoms with Gasteiger partial charge >= 0.3 is 0 Å². The van der Waals surface area contributed by atoms with Gasteiger partial charge in [0, 0.05) is 66.7 Å². The molecule has 2 aromatic carbocycles. The zero-order valence-electron chi connectivity index (χ0n) is 55.6. The molecule has 2 aromatic heterocycles. The van der Waals surface area contributed by atoms with Crippen LogP contribution in [-0.2, 0) is 60.8 Å². The highest BCUT2D eigenvalue weighted by atomic mass is 16.2. The molecular formula is C67H103N19O10. The van der Waals surface area contributed by atoms with Gasteiger partial charge in [-0.2, -0.15) is 0 Å². The number of guanidine groups is 1. The van der Waals surface area contributed by atoms with Crippen LogP contribution in [0.15, 0.2) is 65.9 Å². The molecule has 3 saturated heterocycles. The molecule has 3 aliphatic rings. The van der Waals surface area contributed by atoms with Crippen LogP contribution in [0.1, 0.15) is 141 Å². The van der Waals surface area contributed by atoms with Crippen molar-refractivity contribution in [2.75, 3.05) is 45.8 Å². The summed E-state index contributed by atoms with van der Waals surface area (Å²) >= 11 is 0. The molecule has 96 heavy (non-hydrogen) atoms. The van der Waals surface area contributed by atoms with Crippen LogP contribution in [-0.4, -0.2) is 191 Å². The largest absolute Gasteiger partial charge is 0.370 e. The number of hydrogen-bond acceptors (Lipinski definition) is 15. The number of fused-ring (bicyclic) bond motifs is 4. The summed E-state index contributed by atoms with van der Waals surface area (Å²) < 4.78 is 0. The summed E-state index contributed by atoms with van der Waals surface area (Å²) in [6.07, 6.45) is 8.42. The van der Waals surface area contributed by atoms with E-state index in [9.17, 15) is 28.8 Å². The molecule has 0 aliphatic carbocycles. The zero-order chi connectivity index (χ0) is 69.3. The summed E-state index contributed by atoms with van der Waals surface area (Å²) in [5.74, 6) is -7.72. The standard InChI is InChI=1S/C67H103N19O10/c1-40(2)56-64(94)81-51(26-15-33-74-67(72)73)59(89)78-48(23-8-12-30-69)57(87)77-47(22-7-11-29-68)58(88)79-49(24-9-13-31-70)60(90)83-53(37-42-39-76-46-21-6-4-19-44(42)46)65(95)86-35-17-28-55(86)66(96)85-34-16-27-54(85)63(93)82-52(36-41-38-75-45-20-5-3-18-43(41)45)62(92)80-50(61(91)84-56)25-10-14-32-71/h3-6,18-21,38-40,47-56,75-76H,7-17,22-37,68-71H2,1-2H3,(H,77,87)(H,78,89)(H,79,88)(H,80,92)(H,81,94)(H,82,93)(H,83,90)(H,84,91)(H4,72,73,74)/t47-,48-,49-,50-,51-,52-,53-,54-,55+,56-/m0/s1. The van der Waals surface area contributed by atoms with Gasteiger partial charge in [0.2, 0.25) is 59.1 Å². The Balaban J connectivity index is 1.31. The number of nitrogens with two attached hydrogens (primary N) is 6. The Bertz CT molecular complexity index is 3310. The molecule has 0 unspecified atom stereocenters. The smallest absolute Gasteiger partial charge is 0.246 e. The van der Waals surface area contributed by atoms with E-state index in [4.69, 9.17) is 34.4 Å². The van der Waals surface area contributed by atoms with Crippen LogP contribution in [0.4, 0.5) is 0 Å². The maximum Gasteiger partial charge on any atom is 0.246 e. The number of nitrogens with one attached hydrogen (secondary N) is 10. The first-order valence-corrected chi connectivity index (χ1v) is 34.3. The SMILES string of the molecule is CC(C)[C@@H]1NC(=O)[C@H](CCCCN)NC(=O)[C@H](Cc2c[nH]c3ccccc23)NC(=O)[C@@H]2CCCN2C(=O)[C@H]2CCCN2C(=O)[C@H](Cc2c[nH]c3ccccc23)NC(=O)[C@H](CCCCN)NC(=O)[C@H](CCCCN)NC(=O)[C@H](CCCCN)NC(=O)[C@H](CCCN=C(N)N)NC1=O. The van der Waals surface area contributed by atoms with E-state index in [2.05, 4.69) is 57.5 Å². The number of benzene rings is 2. The van der Waals surface area contributed by atoms with Crippen molar-refractivity contribution in [3.63, 3.8) is 0 Å². The number of carbonyl (C=O) groups is 10. The monoisotopic (exact) mass is 1330 g/mol. The van der Waals surface area contributed by atoms with Crippen molar-refractivity contribution in [1.82, 2.24) is 62.3 Å². The van der Waals surface area contributed by atoms with Crippen molar-refractivity contribution in [3.05, 3.63) is 72.1 Å². The number of aromatic nitrogens is 2. The number of unbranched alkanes of at least 4 members (excludes halogenated alkanes) is 4. The minimum atomic E-state index is -1.35.